The SMILES string of the molecule is COC(CO[SiH2]CCCNCCN)OC. The summed E-state index contributed by atoms with van der Waals surface area (Å²) < 4.78 is 15.5. The van der Waals surface area contributed by atoms with E-state index < -0.39 is 9.76 Å². The third-order valence-electron chi connectivity index (χ3n) is 1.99. The maximum absolute atomic E-state index is 5.52. The summed E-state index contributed by atoms with van der Waals surface area (Å²) in [6.07, 6.45) is 0.949. The van der Waals surface area contributed by atoms with Gasteiger partial charge >= 0.3 is 0 Å². The largest absolute Gasteiger partial charge is 0.419 e. The van der Waals surface area contributed by atoms with Gasteiger partial charge in [0.05, 0.1) is 6.61 Å². The number of nitrogens with one attached hydrogen (secondary N) is 1. The first-order chi connectivity index (χ1) is 7.35. The first-order valence-corrected chi connectivity index (χ1v) is 6.97. The van der Waals surface area contributed by atoms with Gasteiger partial charge in [-0.3, -0.25) is 0 Å². The Kier molecular flexibility index (Phi) is 12.1. The zero-order valence-corrected chi connectivity index (χ0v) is 11.2. The molecule has 0 aromatic carbocycles. The van der Waals surface area contributed by atoms with E-state index in [9.17, 15) is 0 Å². The summed E-state index contributed by atoms with van der Waals surface area (Å²) >= 11 is 0. The van der Waals surface area contributed by atoms with Gasteiger partial charge in [0.2, 0.25) is 0 Å². The second kappa shape index (κ2) is 12.1. The van der Waals surface area contributed by atoms with Crippen LogP contribution in [0, 0.1) is 0 Å². The van der Waals surface area contributed by atoms with Crippen LogP contribution >= 0.6 is 0 Å². The number of hydrogen-bond donors (Lipinski definition) is 2. The third-order valence-corrected chi connectivity index (χ3v) is 3.31. The van der Waals surface area contributed by atoms with Gasteiger partial charge in [-0.15, -0.1) is 0 Å². The molecule has 5 nitrogen and oxygen atoms in total. The van der Waals surface area contributed by atoms with Crippen molar-refractivity contribution in [3.63, 3.8) is 0 Å². The van der Waals surface area contributed by atoms with Crippen molar-refractivity contribution in [1.29, 1.82) is 0 Å². The number of methoxy groups -OCH3 is 2. The molecule has 0 aromatic rings. The molecule has 0 aliphatic heterocycles. The summed E-state index contributed by atoms with van der Waals surface area (Å²) in [5.74, 6) is 0. The highest BCUT2D eigenvalue weighted by atomic mass is 28.2. The lowest BCUT2D eigenvalue weighted by Gasteiger charge is -2.13. The van der Waals surface area contributed by atoms with Gasteiger partial charge in [0.1, 0.15) is 0 Å². The van der Waals surface area contributed by atoms with E-state index in [-0.39, 0.29) is 6.29 Å². The van der Waals surface area contributed by atoms with Crippen LogP contribution in [0.25, 0.3) is 0 Å². The second-order valence-electron chi connectivity index (χ2n) is 3.22. The van der Waals surface area contributed by atoms with Gasteiger partial charge in [-0.25, -0.2) is 0 Å². The second-order valence-corrected chi connectivity index (χ2v) is 4.75. The van der Waals surface area contributed by atoms with E-state index in [2.05, 4.69) is 5.32 Å². The molecule has 0 unspecified atom stereocenters. The fourth-order valence-electron chi connectivity index (χ4n) is 1.09. The molecule has 0 spiro atoms. The summed E-state index contributed by atoms with van der Waals surface area (Å²) in [5, 5.41) is 3.25. The fraction of sp³-hybridized carbons (Fsp3) is 1.00. The topological polar surface area (TPSA) is 65.7 Å². The Morgan fingerprint density at radius 1 is 1.27 bits per heavy atom. The molecule has 92 valence electrons. The lowest BCUT2D eigenvalue weighted by Crippen LogP contribution is -2.24. The van der Waals surface area contributed by atoms with Crippen molar-refractivity contribution in [3.05, 3.63) is 0 Å². The summed E-state index contributed by atoms with van der Waals surface area (Å²) in [5.41, 5.74) is 5.35. The predicted octanol–water partition coefficient (Wildman–Crippen LogP) is -0.938. The minimum absolute atomic E-state index is 0.215. The van der Waals surface area contributed by atoms with E-state index >= 15 is 0 Å². The van der Waals surface area contributed by atoms with Crippen molar-refractivity contribution in [2.24, 2.45) is 5.73 Å². The molecular formula is C9H24N2O3Si. The average Bonchev–Trinajstić information content (AvgIpc) is 2.27. The van der Waals surface area contributed by atoms with Crippen molar-refractivity contribution < 1.29 is 13.9 Å². The monoisotopic (exact) mass is 236 g/mol. The molecule has 0 aromatic heterocycles. The van der Waals surface area contributed by atoms with E-state index in [1.807, 2.05) is 0 Å². The predicted molar refractivity (Wildman–Crippen MR) is 63.7 cm³/mol. The van der Waals surface area contributed by atoms with E-state index in [0.717, 1.165) is 19.5 Å². The molecule has 3 N–H and O–H groups in total. The quantitative estimate of drug-likeness (QED) is 0.275. The minimum Gasteiger partial charge on any atom is -0.419 e. The molecule has 6 heteroatoms. The van der Waals surface area contributed by atoms with Gasteiger partial charge < -0.3 is 25.0 Å². The van der Waals surface area contributed by atoms with Crippen LogP contribution in [0.1, 0.15) is 6.42 Å². The van der Waals surface area contributed by atoms with E-state index in [1.54, 1.807) is 14.2 Å². The van der Waals surface area contributed by atoms with Crippen molar-refractivity contribution in [2.45, 2.75) is 18.8 Å². The lowest BCUT2D eigenvalue weighted by molar-refractivity contribution is -0.121. The van der Waals surface area contributed by atoms with Gasteiger partial charge in [0.15, 0.2) is 16.1 Å². The Balaban J connectivity index is 3.04. The van der Waals surface area contributed by atoms with Gasteiger partial charge in [-0.1, -0.05) is 0 Å². The van der Waals surface area contributed by atoms with Crippen molar-refractivity contribution >= 4 is 9.76 Å². The highest BCUT2D eigenvalue weighted by molar-refractivity contribution is 6.26. The molecule has 0 aliphatic rings. The molecule has 0 saturated heterocycles. The fourth-order valence-corrected chi connectivity index (χ4v) is 2.11. The van der Waals surface area contributed by atoms with Gasteiger partial charge in [-0.2, -0.15) is 0 Å². The van der Waals surface area contributed by atoms with E-state index in [0.29, 0.717) is 13.2 Å². The highest BCUT2D eigenvalue weighted by Crippen LogP contribution is 1.93. The van der Waals surface area contributed by atoms with Gasteiger partial charge in [0.25, 0.3) is 0 Å². The molecule has 0 bridgehead atoms. The number of nitrogens with two attached hydrogens (primary N) is 1. The zero-order valence-electron chi connectivity index (χ0n) is 9.83. The molecule has 0 aliphatic carbocycles. The maximum atomic E-state index is 5.52. The molecule has 0 atom stereocenters. The van der Waals surface area contributed by atoms with Crippen LogP contribution in [0.15, 0.2) is 0 Å². The number of hydrogen-bond acceptors (Lipinski definition) is 5. The Morgan fingerprint density at radius 3 is 2.60 bits per heavy atom. The van der Waals surface area contributed by atoms with Crippen LogP contribution in [0.4, 0.5) is 0 Å². The summed E-state index contributed by atoms with van der Waals surface area (Å²) in [6, 6.07) is 1.18. The summed E-state index contributed by atoms with van der Waals surface area (Å²) in [6.45, 7) is 3.19. The van der Waals surface area contributed by atoms with Crippen LogP contribution < -0.4 is 11.1 Å². The summed E-state index contributed by atoms with van der Waals surface area (Å²) in [7, 11) is 2.83. The molecule has 0 saturated carbocycles. The van der Waals surface area contributed by atoms with Crippen LogP contribution in [0.2, 0.25) is 6.04 Å². The Bertz CT molecular complexity index is 126. The normalized spacial score (nSPS) is 12.0. The Labute approximate surface area is 94.6 Å². The zero-order chi connectivity index (χ0) is 11.4. The average molecular weight is 236 g/mol. The Hall–Kier alpha value is 0.0169. The van der Waals surface area contributed by atoms with Crippen molar-refractivity contribution in [3.8, 4) is 0 Å². The smallest absolute Gasteiger partial charge is 0.178 e. The summed E-state index contributed by atoms with van der Waals surface area (Å²) in [4.78, 5) is 0. The third kappa shape index (κ3) is 10.3. The molecule has 0 amide bonds. The minimum atomic E-state index is -0.416. The highest BCUT2D eigenvalue weighted by Gasteiger charge is 2.03. The molecular weight excluding hydrogens is 212 g/mol. The molecule has 0 rings (SSSR count). The van der Waals surface area contributed by atoms with Gasteiger partial charge in [-0.05, 0) is 19.0 Å². The lowest BCUT2D eigenvalue weighted by atomic mass is 10.5. The van der Waals surface area contributed by atoms with E-state index in [1.165, 1.54) is 6.04 Å². The van der Waals surface area contributed by atoms with Crippen LogP contribution in [0.3, 0.4) is 0 Å². The van der Waals surface area contributed by atoms with E-state index in [4.69, 9.17) is 19.6 Å². The molecule has 0 radical (unpaired) electrons. The van der Waals surface area contributed by atoms with Crippen LogP contribution in [-0.2, 0) is 13.9 Å². The van der Waals surface area contributed by atoms with Crippen LogP contribution in [-0.4, -0.2) is 56.5 Å². The number of ether oxygens (including phenoxy) is 2. The maximum Gasteiger partial charge on any atom is 0.178 e. The van der Waals surface area contributed by atoms with Crippen LogP contribution in [0.5, 0.6) is 0 Å². The standard InChI is InChI=1S/C9H24N2O3Si/c1-12-9(13-2)8-14-15-7-3-5-11-6-4-10/h9,11H,3-8,10,15H2,1-2H3. The van der Waals surface area contributed by atoms with Gasteiger partial charge in [0, 0.05) is 27.3 Å². The molecule has 15 heavy (non-hydrogen) atoms. The van der Waals surface area contributed by atoms with Crippen molar-refractivity contribution in [2.75, 3.05) is 40.5 Å². The van der Waals surface area contributed by atoms with Crippen molar-refractivity contribution in [1.82, 2.24) is 5.32 Å². The molecule has 0 fully saturated rings. The molecule has 0 heterocycles. The first kappa shape index (κ1) is 15.0. The first-order valence-electron chi connectivity index (χ1n) is 5.39. The number of rotatable bonds is 11. The Morgan fingerprint density at radius 2 is 2.00 bits per heavy atom.